The van der Waals surface area contributed by atoms with Crippen molar-refractivity contribution in [1.82, 2.24) is 10.2 Å². The summed E-state index contributed by atoms with van der Waals surface area (Å²) in [5.74, 6) is 1.28. The lowest BCUT2D eigenvalue weighted by Gasteiger charge is -2.23. The van der Waals surface area contributed by atoms with E-state index in [1.54, 1.807) is 0 Å². The average molecular weight is 210 g/mol. The van der Waals surface area contributed by atoms with Gasteiger partial charge in [0.25, 0.3) is 0 Å². The standard InChI is InChI=1S/C12H22N2O/c1-2-4-11-13-9-12(15)14(11)8-3-5-10-6-7-10/h10-11,13H,2-9H2,1H3. The molecule has 1 aliphatic carbocycles. The van der Waals surface area contributed by atoms with Gasteiger partial charge in [-0.1, -0.05) is 26.2 Å². The average Bonchev–Trinajstić information content (AvgIpc) is 2.97. The molecule has 1 amide bonds. The molecule has 86 valence electrons. The second-order valence-corrected chi connectivity index (χ2v) is 4.86. The molecule has 1 atom stereocenters. The van der Waals surface area contributed by atoms with E-state index in [1.165, 1.54) is 25.7 Å². The Morgan fingerprint density at radius 3 is 2.87 bits per heavy atom. The topological polar surface area (TPSA) is 32.3 Å². The van der Waals surface area contributed by atoms with Crippen molar-refractivity contribution in [2.45, 2.75) is 51.6 Å². The van der Waals surface area contributed by atoms with Crippen molar-refractivity contribution < 1.29 is 4.79 Å². The normalized spacial score (nSPS) is 26.3. The molecule has 3 nitrogen and oxygen atoms in total. The second-order valence-electron chi connectivity index (χ2n) is 4.86. The molecule has 1 saturated heterocycles. The number of carbonyl (C=O) groups is 1. The van der Waals surface area contributed by atoms with E-state index in [2.05, 4.69) is 12.2 Å². The number of hydrogen-bond donors (Lipinski definition) is 1. The fourth-order valence-electron chi connectivity index (χ4n) is 2.36. The summed E-state index contributed by atoms with van der Waals surface area (Å²) in [6, 6.07) is 0. The zero-order valence-electron chi connectivity index (χ0n) is 9.67. The van der Waals surface area contributed by atoms with Gasteiger partial charge in [-0.25, -0.2) is 0 Å². The molecule has 15 heavy (non-hydrogen) atoms. The Morgan fingerprint density at radius 1 is 1.40 bits per heavy atom. The Kier molecular flexibility index (Phi) is 3.62. The highest BCUT2D eigenvalue weighted by Crippen LogP contribution is 2.33. The van der Waals surface area contributed by atoms with Gasteiger partial charge in [0, 0.05) is 6.54 Å². The van der Waals surface area contributed by atoms with Gasteiger partial charge in [-0.15, -0.1) is 0 Å². The molecule has 0 radical (unpaired) electrons. The first kappa shape index (κ1) is 10.9. The minimum absolute atomic E-state index is 0.296. The highest BCUT2D eigenvalue weighted by molar-refractivity contribution is 5.80. The number of nitrogens with one attached hydrogen (secondary N) is 1. The molecule has 1 unspecified atom stereocenters. The van der Waals surface area contributed by atoms with Crippen molar-refractivity contribution in [3.63, 3.8) is 0 Å². The van der Waals surface area contributed by atoms with Gasteiger partial charge in [-0.05, 0) is 25.2 Å². The molecular formula is C12H22N2O. The molecule has 2 fully saturated rings. The van der Waals surface area contributed by atoms with Crippen LogP contribution in [0.2, 0.25) is 0 Å². The lowest BCUT2D eigenvalue weighted by Crippen LogP contribution is -2.37. The van der Waals surface area contributed by atoms with Crippen LogP contribution in [0.1, 0.15) is 45.4 Å². The predicted molar refractivity (Wildman–Crippen MR) is 60.4 cm³/mol. The van der Waals surface area contributed by atoms with E-state index in [4.69, 9.17) is 0 Å². The third kappa shape index (κ3) is 2.94. The number of nitrogens with zero attached hydrogens (tertiary/aromatic N) is 1. The SMILES string of the molecule is CCCC1NCC(=O)N1CCCC1CC1. The lowest BCUT2D eigenvalue weighted by molar-refractivity contribution is -0.128. The highest BCUT2D eigenvalue weighted by atomic mass is 16.2. The predicted octanol–water partition coefficient (Wildman–Crippen LogP) is 1.73. The third-order valence-electron chi connectivity index (χ3n) is 3.46. The van der Waals surface area contributed by atoms with Crippen molar-refractivity contribution in [2.75, 3.05) is 13.1 Å². The Morgan fingerprint density at radius 2 is 2.20 bits per heavy atom. The minimum Gasteiger partial charge on any atom is -0.326 e. The molecule has 1 saturated carbocycles. The van der Waals surface area contributed by atoms with Gasteiger partial charge in [0.2, 0.25) is 5.91 Å². The number of carbonyl (C=O) groups excluding carboxylic acids is 1. The number of amides is 1. The van der Waals surface area contributed by atoms with Crippen molar-refractivity contribution in [3.8, 4) is 0 Å². The van der Waals surface area contributed by atoms with E-state index >= 15 is 0 Å². The van der Waals surface area contributed by atoms with Crippen LogP contribution in [0.25, 0.3) is 0 Å². The van der Waals surface area contributed by atoms with Crippen molar-refractivity contribution in [3.05, 3.63) is 0 Å². The van der Waals surface area contributed by atoms with Crippen LogP contribution >= 0.6 is 0 Å². The maximum Gasteiger partial charge on any atom is 0.237 e. The summed E-state index contributed by atoms with van der Waals surface area (Å²) >= 11 is 0. The summed E-state index contributed by atoms with van der Waals surface area (Å²) in [6.45, 7) is 3.69. The van der Waals surface area contributed by atoms with Crippen molar-refractivity contribution in [2.24, 2.45) is 5.92 Å². The molecule has 0 aromatic heterocycles. The van der Waals surface area contributed by atoms with Gasteiger partial charge in [0.05, 0.1) is 12.7 Å². The van der Waals surface area contributed by atoms with Crippen LogP contribution in [0.5, 0.6) is 0 Å². The molecule has 1 heterocycles. The monoisotopic (exact) mass is 210 g/mol. The molecule has 0 aromatic rings. The van der Waals surface area contributed by atoms with Gasteiger partial charge in [0.1, 0.15) is 0 Å². The largest absolute Gasteiger partial charge is 0.326 e. The van der Waals surface area contributed by atoms with Crippen LogP contribution in [-0.4, -0.2) is 30.1 Å². The molecule has 0 bridgehead atoms. The Labute approximate surface area is 92.2 Å². The van der Waals surface area contributed by atoms with E-state index in [0.717, 1.165) is 25.3 Å². The van der Waals surface area contributed by atoms with Crippen molar-refractivity contribution >= 4 is 5.91 Å². The van der Waals surface area contributed by atoms with Crippen LogP contribution in [-0.2, 0) is 4.79 Å². The summed E-state index contributed by atoms with van der Waals surface area (Å²) in [6.07, 6.45) is 7.91. The van der Waals surface area contributed by atoms with Gasteiger partial charge in [0.15, 0.2) is 0 Å². The van der Waals surface area contributed by atoms with Crippen LogP contribution in [0, 0.1) is 5.92 Å². The van der Waals surface area contributed by atoms with E-state index in [-0.39, 0.29) is 0 Å². The third-order valence-corrected chi connectivity index (χ3v) is 3.46. The molecule has 0 aromatic carbocycles. The van der Waals surface area contributed by atoms with Gasteiger partial charge < -0.3 is 4.90 Å². The lowest BCUT2D eigenvalue weighted by atomic mass is 10.2. The highest BCUT2D eigenvalue weighted by Gasteiger charge is 2.29. The van der Waals surface area contributed by atoms with Crippen LogP contribution in [0.15, 0.2) is 0 Å². The van der Waals surface area contributed by atoms with Gasteiger partial charge in [-0.3, -0.25) is 10.1 Å². The van der Waals surface area contributed by atoms with E-state index in [9.17, 15) is 4.79 Å². The zero-order chi connectivity index (χ0) is 10.7. The van der Waals surface area contributed by atoms with Crippen LogP contribution in [0.4, 0.5) is 0 Å². The summed E-state index contributed by atoms with van der Waals surface area (Å²) in [7, 11) is 0. The first-order chi connectivity index (χ1) is 7.31. The van der Waals surface area contributed by atoms with Crippen LogP contribution in [0.3, 0.4) is 0 Å². The van der Waals surface area contributed by atoms with E-state index < -0.39 is 0 Å². The minimum atomic E-state index is 0.296. The zero-order valence-corrected chi connectivity index (χ0v) is 9.67. The first-order valence-corrected chi connectivity index (χ1v) is 6.34. The summed E-state index contributed by atoms with van der Waals surface area (Å²) in [5, 5.41) is 3.29. The quantitative estimate of drug-likeness (QED) is 0.724. The maximum atomic E-state index is 11.6. The van der Waals surface area contributed by atoms with Crippen molar-refractivity contribution in [1.29, 1.82) is 0 Å². The first-order valence-electron chi connectivity index (χ1n) is 6.34. The Hall–Kier alpha value is -0.570. The summed E-state index contributed by atoms with van der Waals surface area (Å²) < 4.78 is 0. The second kappa shape index (κ2) is 4.97. The van der Waals surface area contributed by atoms with Gasteiger partial charge in [-0.2, -0.15) is 0 Å². The van der Waals surface area contributed by atoms with Gasteiger partial charge >= 0.3 is 0 Å². The number of rotatable bonds is 6. The molecule has 3 heteroatoms. The molecule has 2 aliphatic rings. The van der Waals surface area contributed by atoms with Crippen LogP contribution < -0.4 is 5.32 Å². The summed E-state index contributed by atoms with van der Waals surface area (Å²) in [5.41, 5.74) is 0. The van der Waals surface area contributed by atoms with E-state index in [1.807, 2.05) is 4.90 Å². The maximum absolute atomic E-state index is 11.6. The molecule has 0 spiro atoms. The Balaban J connectivity index is 1.72. The summed E-state index contributed by atoms with van der Waals surface area (Å²) in [4.78, 5) is 13.7. The number of hydrogen-bond acceptors (Lipinski definition) is 2. The molecule has 1 N–H and O–H groups in total. The fourth-order valence-corrected chi connectivity index (χ4v) is 2.36. The molecule has 2 rings (SSSR count). The fraction of sp³-hybridized carbons (Fsp3) is 0.917. The molecule has 1 aliphatic heterocycles. The smallest absolute Gasteiger partial charge is 0.237 e. The molecular weight excluding hydrogens is 188 g/mol. The van der Waals surface area contributed by atoms with E-state index in [0.29, 0.717) is 18.6 Å². The Bertz CT molecular complexity index is 226.